The minimum absolute atomic E-state index is 0.111. The third-order valence-electron chi connectivity index (χ3n) is 3.57. The van der Waals surface area contributed by atoms with Crippen LogP contribution in [0.4, 0.5) is 11.5 Å². The average molecular weight is 296 g/mol. The van der Waals surface area contributed by atoms with Crippen LogP contribution in [-0.2, 0) is 0 Å². The van der Waals surface area contributed by atoms with E-state index in [1.165, 1.54) is 11.1 Å². The molecule has 3 rings (SSSR count). The fraction of sp³-hybridized carbons (Fsp3) is 0.294. The number of H-pyrrole nitrogens is 1. The fourth-order valence-corrected chi connectivity index (χ4v) is 2.34. The second kappa shape index (κ2) is 5.67. The predicted octanol–water partition coefficient (Wildman–Crippen LogP) is 4.11. The third-order valence-corrected chi connectivity index (χ3v) is 3.57. The minimum Gasteiger partial charge on any atom is -0.489 e. The zero-order valence-corrected chi connectivity index (χ0v) is 13.3. The van der Waals surface area contributed by atoms with Crippen LogP contribution in [-0.4, -0.2) is 21.1 Å². The third kappa shape index (κ3) is 2.74. The lowest BCUT2D eigenvalue weighted by atomic mass is 10.1. The van der Waals surface area contributed by atoms with Crippen LogP contribution in [0.1, 0.15) is 25.0 Å². The maximum atomic E-state index is 5.93. The fourth-order valence-electron chi connectivity index (χ4n) is 2.34. The summed E-state index contributed by atoms with van der Waals surface area (Å²) in [5.74, 6) is 1.60. The normalized spacial score (nSPS) is 11.1. The maximum absolute atomic E-state index is 5.93. The maximum Gasteiger partial charge on any atom is 0.143 e. The first kappa shape index (κ1) is 14.4. The summed E-state index contributed by atoms with van der Waals surface area (Å²) >= 11 is 0. The van der Waals surface area contributed by atoms with Crippen molar-refractivity contribution in [2.75, 3.05) is 5.32 Å². The molecule has 22 heavy (non-hydrogen) atoms. The summed E-state index contributed by atoms with van der Waals surface area (Å²) in [6.07, 6.45) is 3.52. The summed E-state index contributed by atoms with van der Waals surface area (Å²) in [7, 11) is 0. The second-order valence-electron chi connectivity index (χ2n) is 5.69. The molecule has 0 saturated carbocycles. The molecule has 0 fully saturated rings. The molecule has 5 heteroatoms. The summed E-state index contributed by atoms with van der Waals surface area (Å²) in [5, 5.41) is 4.33. The van der Waals surface area contributed by atoms with Crippen molar-refractivity contribution >= 4 is 22.5 Å². The molecule has 2 aromatic heterocycles. The van der Waals surface area contributed by atoms with Gasteiger partial charge in [0.1, 0.15) is 23.5 Å². The van der Waals surface area contributed by atoms with Crippen LogP contribution in [0.5, 0.6) is 5.75 Å². The van der Waals surface area contributed by atoms with Crippen molar-refractivity contribution in [1.82, 2.24) is 15.0 Å². The highest BCUT2D eigenvalue weighted by atomic mass is 16.5. The topological polar surface area (TPSA) is 62.8 Å². The summed E-state index contributed by atoms with van der Waals surface area (Å²) in [6, 6.07) is 6.11. The van der Waals surface area contributed by atoms with Gasteiger partial charge in [0.2, 0.25) is 0 Å². The molecule has 2 heterocycles. The first-order valence-corrected chi connectivity index (χ1v) is 7.37. The summed E-state index contributed by atoms with van der Waals surface area (Å²) in [4.78, 5) is 11.6. The summed E-state index contributed by atoms with van der Waals surface area (Å²) in [6.45, 7) is 8.22. The SMILES string of the molecule is Cc1cc(Nc2ncnc3[nH]ccc23)c(OC(C)C)cc1C. The molecule has 0 aliphatic rings. The van der Waals surface area contributed by atoms with E-state index in [0.717, 1.165) is 28.3 Å². The number of aromatic nitrogens is 3. The molecule has 0 aliphatic heterocycles. The average Bonchev–Trinajstić information content (AvgIpc) is 2.93. The van der Waals surface area contributed by atoms with E-state index in [-0.39, 0.29) is 6.10 Å². The van der Waals surface area contributed by atoms with Gasteiger partial charge in [0.05, 0.1) is 17.2 Å². The Morgan fingerprint density at radius 3 is 2.68 bits per heavy atom. The monoisotopic (exact) mass is 296 g/mol. The van der Waals surface area contributed by atoms with E-state index >= 15 is 0 Å². The first-order valence-electron chi connectivity index (χ1n) is 7.37. The van der Waals surface area contributed by atoms with Crippen LogP contribution in [0, 0.1) is 13.8 Å². The number of nitrogens with zero attached hydrogens (tertiary/aromatic N) is 2. The number of benzene rings is 1. The highest BCUT2D eigenvalue weighted by molar-refractivity contribution is 5.89. The van der Waals surface area contributed by atoms with Gasteiger partial charge in [-0.15, -0.1) is 0 Å². The largest absolute Gasteiger partial charge is 0.489 e. The highest BCUT2D eigenvalue weighted by Gasteiger charge is 2.11. The van der Waals surface area contributed by atoms with E-state index in [1.54, 1.807) is 6.33 Å². The number of aromatic amines is 1. The molecule has 1 aromatic carbocycles. The van der Waals surface area contributed by atoms with Crippen molar-refractivity contribution < 1.29 is 4.74 Å². The van der Waals surface area contributed by atoms with Gasteiger partial charge in [-0.05, 0) is 57.0 Å². The number of fused-ring (bicyclic) bond motifs is 1. The molecule has 0 saturated heterocycles. The van der Waals surface area contributed by atoms with Crippen molar-refractivity contribution in [2.45, 2.75) is 33.8 Å². The second-order valence-corrected chi connectivity index (χ2v) is 5.69. The van der Waals surface area contributed by atoms with Crippen LogP contribution in [0.15, 0.2) is 30.7 Å². The lowest BCUT2D eigenvalue weighted by molar-refractivity contribution is 0.243. The number of hydrogen-bond acceptors (Lipinski definition) is 4. The van der Waals surface area contributed by atoms with Gasteiger partial charge in [-0.1, -0.05) is 0 Å². The van der Waals surface area contributed by atoms with Crippen molar-refractivity contribution in [3.63, 3.8) is 0 Å². The smallest absolute Gasteiger partial charge is 0.143 e. The molecule has 0 unspecified atom stereocenters. The zero-order valence-electron chi connectivity index (χ0n) is 13.3. The van der Waals surface area contributed by atoms with E-state index in [9.17, 15) is 0 Å². The number of nitrogens with one attached hydrogen (secondary N) is 2. The van der Waals surface area contributed by atoms with E-state index in [2.05, 4.69) is 46.2 Å². The van der Waals surface area contributed by atoms with Crippen molar-refractivity contribution in [3.05, 3.63) is 41.9 Å². The molecule has 114 valence electrons. The van der Waals surface area contributed by atoms with Gasteiger partial charge in [0.25, 0.3) is 0 Å². The van der Waals surface area contributed by atoms with Crippen molar-refractivity contribution in [3.8, 4) is 5.75 Å². The van der Waals surface area contributed by atoms with Gasteiger partial charge in [-0.25, -0.2) is 9.97 Å². The number of ether oxygens (including phenoxy) is 1. The van der Waals surface area contributed by atoms with E-state index in [0.29, 0.717) is 0 Å². The summed E-state index contributed by atoms with van der Waals surface area (Å²) in [5.41, 5.74) is 4.14. The number of aryl methyl sites for hydroxylation is 2. The Balaban J connectivity index is 2.04. The summed E-state index contributed by atoms with van der Waals surface area (Å²) < 4.78 is 5.93. The minimum atomic E-state index is 0.111. The van der Waals surface area contributed by atoms with Crippen LogP contribution in [0.3, 0.4) is 0 Å². The number of anilines is 2. The van der Waals surface area contributed by atoms with Crippen LogP contribution in [0.2, 0.25) is 0 Å². The Hall–Kier alpha value is -2.56. The quantitative estimate of drug-likeness (QED) is 0.760. The predicted molar refractivity (Wildman–Crippen MR) is 88.9 cm³/mol. The Bertz CT molecular complexity index is 808. The van der Waals surface area contributed by atoms with E-state index in [1.807, 2.05) is 26.1 Å². The van der Waals surface area contributed by atoms with Crippen LogP contribution >= 0.6 is 0 Å². The Kier molecular flexibility index (Phi) is 3.71. The standard InChI is InChI=1S/C17H20N4O/c1-10(2)22-15-8-12(4)11(3)7-14(15)21-17-13-5-6-18-16(13)19-9-20-17/h5-10H,1-4H3,(H2,18,19,20,21). The molecule has 0 aliphatic carbocycles. The van der Waals surface area contributed by atoms with Gasteiger partial charge in [-0.3, -0.25) is 0 Å². The van der Waals surface area contributed by atoms with Gasteiger partial charge in [0.15, 0.2) is 0 Å². The molecule has 0 radical (unpaired) electrons. The molecule has 0 bridgehead atoms. The van der Waals surface area contributed by atoms with Gasteiger partial charge < -0.3 is 15.0 Å². The molecule has 2 N–H and O–H groups in total. The van der Waals surface area contributed by atoms with Gasteiger partial charge in [0, 0.05) is 6.20 Å². The zero-order chi connectivity index (χ0) is 15.7. The first-order chi connectivity index (χ1) is 10.5. The molecule has 0 atom stereocenters. The lowest BCUT2D eigenvalue weighted by Crippen LogP contribution is -2.08. The molecule has 0 spiro atoms. The number of hydrogen-bond donors (Lipinski definition) is 2. The Morgan fingerprint density at radius 2 is 1.91 bits per heavy atom. The van der Waals surface area contributed by atoms with E-state index in [4.69, 9.17) is 4.74 Å². The van der Waals surface area contributed by atoms with Crippen LogP contribution < -0.4 is 10.1 Å². The number of rotatable bonds is 4. The molecular weight excluding hydrogens is 276 g/mol. The van der Waals surface area contributed by atoms with Crippen molar-refractivity contribution in [1.29, 1.82) is 0 Å². The van der Waals surface area contributed by atoms with Gasteiger partial charge in [-0.2, -0.15) is 0 Å². The highest BCUT2D eigenvalue weighted by Crippen LogP contribution is 2.32. The van der Waals surface area contributed by atoms with E-state index < -0.39 is 0 Å². The molecular formula is C17H20N4O. The molecule has 5 nitrogen and oxygen atoms in total. The molecule has 3 aromatic rings. The van der Waals surface area contributed by atoms with Gasteiger partial charge >= 0.3 is 0 Å². The van der Waals surface area contributed by atoms with Crippen LogP contribution in [0.25, 0.3) is 11.0 Å². The molecule has 0 amide bonds. The Morgan fingerprint density at radius 1 is 1.14 bits per heavy atom. The van der Waals surface area contributed by atoms with Crippen molar-refractivity contribution in [2.24, 2.45) is 0 Å². The Labute approximate surface area is 129 Å². The lowest BCUT2D eigenvalue weighted by Gasteiger charge is -2.17.